The van der Waals surface area contributed by atoms with Crippen molar-refractivity contribution in [3.8, 4) is 11.3 Å². The number of hydrogen-bond acceptors (Lipinski definition) is 4. The Morgan fingerprint density at radius 1 is 1.44 bits per heavy atom. The van der Waals surface area contributed by atoms with Crippen LogP contribution < -0.4 is 11.1 Å². The number of rotatable bonds is 4. The number of nitrogens with two attached hydrogens (primary N) is 1. The van der Waals surface area contributed by atoms with Crippen LogP contribution in [0.25, 0.3) is 22.2 Å². The Morgan fingerprint density at radius 3 is 3.00 bits per heavy atom. The second-order valence-corrected chi connectivity index (χ2v) is 7.07. The van der Waals surface area contributed by atoms with Crippen molar-refractivity contribution in [2.24, 2.45) is 12.8 Å². The van der Waals surface area contributed by atoms with Crippen molar-refractivity contribution in [3.05, 3.63) is 42.4 Å². The zero-order valence-electron chi connectivity index (χ0n) is 15.5. The van der Waals surface area contributed by atoms with Crippen molar-refractivity contribution in [3.63, 3.8) is 0 Å². The molecule has 0 unspecified atom stereocenters. The summed E-state index contributed by atoms with van der Waals surface area (Å²) in [5.74, 6) is 0.424. The number of urea groups is 1. The lowest BCUT2D eigenvalue weighted by Crippen LogP contribution is -2.26. The highest BCUT2D eigenvalue weighted by atomic mass is 16.5. The number of anilines is 1. The van der Waals surface area contributed by atoms with E-state index in [0.717, 1.165) is 47.3 Å². The Kier molecular flexibility index (Phi) is 4.31. The van der Waals surface area contributed by atoms with Gasteiger partial charge in [-0.15, -0.1) is 0 Å². The minimum atomic E-state index is -0.634. The first-order chi connectivity index (χ1) is 13.0. The van der Waals surface area contributed by atoms with Crippen LogP contribution in [-0.2, 0) is 17.2 Å². The third kappa shape index (κ3) is 3.04. The molecule has 1 atom stereocenters. The lowest BCUT2D eigenvalue weighted by atomic mass is 9.80. The van der Waals surface area contributed by atoms with E-state index in [4.69, 9.17) is 15.5 Å². The van der Waals surface area contributed by atoms with E-state index in [-0.39, 0.29) is 5.41 Å². The Balaban J connectivity index is 1.82. The number of amides is 2. The highest BCUT2D eigenvalue weighted by molar-refractivity contribution is 5.98. The molecular weight excluding hydrogens is 342 g/mol. The number of aromatic nitrogens is 3. The van der Waals surface area contributed by atoms with Crippen molar-refractivity contribution < 1.29 is 9.53 Å². The zero-order chi connectivity index (χ0) is 19.0. The first kappa shape index (κ1) is 17.5. The van der Waals surface area contributed by atoms with E-state index in [9.17, 15) is 4.79 Å². The molecule has 0 aromatic carbocycles. The van der Waals surface area contributed by atoms with Crippen LogP contribution in [0.1, 0.15) is 25.5 Å². The summed E-state index contributed by atoms with van der Waals surface area (Å²) in [5, 5.41) is 3.50. The summed E-state index contributed by atoms with van der Waals surface area (Å²) >= 11 is 0. The second kappa shape index (κ2) is 6.66. The summed E-state index contributed by atoms with van der Waals surface area (Å²) in [5.41, 5.74) is 9.13. The van der Waals surface area contributed by atoms with Crippen LogP contribution >= 0.6 is 0 Å². The highest BCUT2D eigenvalue weighted by Gasteiger charge is 2.36. The van der Waals surface area contributed by atoms with Gasteiger partial charge in [0.05, 0.1) is 24.0 Å². The van der Waals surface area contributed by atoms with Crippen molar-refractivity contribution in [2.75, 3.05) is 18.5 Å². The van der Waals surface area contributed by atoms with Crippen LogP contribution in [0, 0.1) is 0 Å². The fraction of sp³-hybridized carbons (Fsp3) is 0.350. The monoisotopic (exact) mass is 365 g/mol. The lowest BCUT2D eigenvalue weighted by molar-refractivity contribution is 0.174. The zero-order valence-corrected chi connectivity index (χ0v) is 15.5. The van der Waals surface area contributed by atoms with Crippen LogP contribution in [-0.4, -0.2) is 33.8 Å². The molecule has 1 aliphatic heterocycles. The third-order valence-electron chi connectivity index (χ3n) is 5.48. The molecule has 4 rings (SSSR count). The van der Waals surface area contributed by atoms with Crippen LogP contribution in [0.3, 0.4) is 0 Å². The molecule has 140 valence electrons. The van der Waals surface area contributed by atoms with Gasteiger partial charge >= 0.3 is 6.03 Å². The molecule has 4 heterocycles. The van der Waals surface area contributed by atoms with Gasteiger partial charge in [0.15, 0.2) is 0 Å². The van der Waals surface area contributed by atoms with E-state index in [1.54, 1.807) is 6.20 Å². The number of pyridine rings is 2. The van der Waals surface area contributed by atoms with Gasteiger partial charge in [0.1, 0.15) is 5.82 Å². The van der Waals surface area contributed by atoms with Gasteiger partial charge < -0.3 is 15.0 Å². The van der Waals surface area contributed by atoms with E-state index >= 15 is 0 Å². The number of fused-ring (bicyclic) bond motifs is 1. The Morgan fingerprint density at radius 2 is 2.30 bits per heavy atom. The van der Waals surface area contributed by atoms with Gasteiger partial charge in [-0.25, -0.2) is 9.78 Å². The van der Waals surface area contributed by atoms with Crippen LogP contribution in [0.2, 0.25) is 0 Å². The normalized spacial score (nSPS) is 19.5. The molecule has 1 aliphatic rings. The maximum absolute atomic E-state index is 11.2. The average Bonchev–Trinajstić information content (AvgIpc) is 3.27. The molecule has 7 heteroatoms. The SMILES string of the molecule is CC[C@@]1(c2cccc(-c3cn(C)c4cnc(NC(N)=O)cc34)n2)CCOC1. The van der Waals surface area contributed by atoms with E-state index in [1.807, 2.05) is 29.9 Å². The summed E-state index contributed by atoms with van der Waals surface area (Å²) in [4.78, 5) is 20.4. The molecule has 0 spiro atoms. The number of carbonyl (C=O) groups excluding carboxylic acids is 1. The molecule has 0 aliphatic carbocycles. The maximum atomic E-state index is 11.2. The molecule has 2 amide bonds. The summed E-state index contributed by atoms with van der Waals surface area (Å²) in [7, 11) is 1.97. The molecule has 27 heavy (non-hydrogen) atoms. The first-order valence-electron chi connectivity index (χ1n) is 9.09. The predicted molar refractivity (Wildman–Crippen MR) is 105 cm³/mol. The van der Waals surface area contributed by atoms with Crippen LogP contribution in [0.5, 0.6) is 0 Å². The van der Waals surface area contributed by atoms with Crippen LogP contribution in [0.15, 0.2) is 36.7 Å². The van der Waals surface area contributed by atoms with E-state index < -0.39 is 6.03 Å². The summed E-state index contributed by atoms with van der Waals surface area (Å²) in [6, 6.07) is 7.35. The van der Waals surface area contributed by atoms with Gasteiger partial charge in [-0.1, -0.05) is 13.0 Å². The Bertz CT molecular complexity index is 1000. The van der Waals surface area contributed by atoms with Gasteiger partial charge in [0.2, 0.25) is 0 Å². The maximum Gasteiger partial charge on any atom is 0.317 e. The number of nitrogens with zero attached hydrogens (tertiary/aromatic N) is 3. The van der Waals surface area contributed by atoms with E-state index in [2.05, 4.69) is 29.4 Å². The van der Waals surface area contributed by atoms with Gasteiger partial charge in [0.25, 0.3) is 0 Å². The molecule has 3 N–H and O–H groups in total. The van der Waals surface area contributed by atoms with Gasteiger partial charge in [-0.3, -0.25) is 10.3 Å². The molecule has 0 bridgehead atoms. The smallest absolute Gasteiger partial charge is 0.317 e. The van der Waals surface area contributed by atoms with Crippen molar-refractivity contribution in [1.29, 1.82) is 0 Å². The Hall–Kier alpha value is -2.93. The standard InChI is InChI=1S/C20H23N5O2/c1-3-20(7-8-27-12-20)17-6-4-5-15(23-17)14-11-25(2)16-10-22-18(9-13(14)16)24-19(21)26/h4-6,9-11H,3,7-8,12H2,1-2H3,(H3,21,22,24,26)/t20-/m1/s1. The molecule has 1 saturated heterocycles. The number of primary amides is 1. The molecule has 0 radical (unpaired) electrons. The number of aryl methyl sites for hydroxylation is 1. The molecule has 1 fully saturated rings. The van der Waals surface area contributed by atoms with Gasteiger partial charge in [0, 0.05) is 41.9 Å². The first-order valence-corrected chi connectivity index (χ1v) is 9.09. The second-order valence-electron chi connectivity index (χ2n) is 7.07. The van der Waals surface area contributed by atoms with E-state index in [1.165, 1.54) is 0 Å². The number of ether oxygens (including phenoxy) is 1. The van der Waals surface area contributed by atoms with Gasteiger partial charge in [-0.05, 0) is 31.0 Å². The van der Waals surface area contributed by atoms with Crippen LogP contribution in [0.4, 0.5) is 10.6 Å². The predicted octanol–water partition coefficient (Wildman–Crippen LogP) is 3.19. The van der Waals surface area contributed by atoms with Crippen molar-refractivity contribution in [1.82, 2.24) is 14.5 Å². The minimum Gasteiger partial charge on any atom is -0.380 e. The topological polar surface area (TPSA) is 95.1 Å². The molecular formula is C20H23N5O2. The molecule has 0 saturated carbocycles. The summed E-state index contributed by atoms with van der Waals surface area (Å²) < 4.78 is 7.68. The fourth-order valence-electron chi connectivity index (χ4n) is 3.83. The van der Waals surface area contributed by atoms with Crippen molar-refractivity contribution in [2.45, 2.75) is 25.2 Å². The highest BCUT2D eigenvalue weighted by Crippen LogP contribution is 2.37. The molecule has 3 aromatic rings. The summed E-state index contributed by atoms with van der Waals surface area (Å²) in [6.07, 6.45) is 5.75. The third-order valence-corrected chi connectivity index (χ3v) is 5.48. The molecule has 7 nitrogen and oxygen atoms in total. The number of carbonyl (C=O) groups is 1. The van der Waals surface area contributed by atoms with E-state index in [0.29, 0.717) is 12.4 Å². The number of nitrogens with one attached hydrogen (secondary N) is 1. The summed E-state index contributed by atoms with van der Waals surface area (Å²) in [6.45, 7) is 3.68. The Labute approximate surface area is 157 Å². The van der Waals surface area contributed by atoms with Crippen molar-refractivity contribution >= 4 is 22.8 Å². The average molecular weight is 365 g/mol. The minimum absolute atomic E-state index is 0.0131. The van der Waals surface area contributed by atoms with Gasteiger partial charge in [-0.2, -0.15) is 0 Å². The lowest BCUT2D eigenvalue weighted by Gasteiger charge is -2.25. The number of hydrogen-bond donors (Lipinski definition) is 2. The fourth-order valence-corrected chi connectivity index (χ4v) is 3.83. The quantitative estimate of drug-likeness (QED) is 0.742. The largest absolute Gasteiger partial charge is 0.380 e. The molecule has 3 aromatic heterocycles.